The van der Waals surface area contributed by atoms with E-state index in [1.165, 1.54) is 11.8 Å². The van der Waals surface area contributed by atoms with Crippen LogP contribution in [0.2, 0.25) is 0 Å². The Morgan fingerprint density at radius 2 is 2.00 bits per heavy atom. The highest BCUT2D eigenvalue weighted by Crippen LogP contribution is 2.58. The van der Waals surface area contributed by atoms with Gasteiger partial charge in [-0.25, -0.2) is 9.78 Å². The maximum absolute atomic E-state index is 13.6. The molecule has 2 aliphatic carbocycles. The van der Waals surface area contributed by atoms with E-state index in [-0.39, 0.29) is 24.4 Å². The number of hydrogen-bond acceptors (Lipinski definition) is 5. The van der Waals surface area contributed by atoms with Crippen molar-refractivity contribution in [1.29, 1.82) is 0 Å². The van der Waals surface area contributed by atoms with Crippen molar-refractivity contribution >= 4 is 23.5 Å². The summed E-state index contributed by atoms with van der Waals surface area (Å²) in [6, 6.07) is 2.28. The maximum Gasteiger partial charge on any atom is 0.410 e. The van der Waals surface area contributed by atoms with Crippen molar-refractivity contribution in [3.63, 3.8) is 0 Å². The first-order valence-electron chi connectivity index (χ1n) is 13.0. The number of nitrogens with one attached hydrogen (secondary N) is 3. The summed E-state index contributed by atoms with van der Waals surface area (Å²) >= 11 is 0. The minimum atomic E-state index is -4.51. The molecule has 9 nitrogen and oxygen atoms in total. The molecule has 4 aliphatic rings. The van der Waals surface area contributed by atoms with Crippen molar-refractivity contribution in [2.75, 3.05) is 11.9 Å². The van der Waals surface area contributed by atoms with Crippen LogP contribution < -0.4 is 16.0 Å². The first-order valence-corrected chi connectivity index (χ1v) is 13.0. The van der Waals surface area contributed by atoms with Crippen LogP contribution in [-0.2, 0) is 11.3 Å². The molecule has 2 saturated carbocycles. The van der Waals surface area contributed by atoms with Gasteiger partial charge in [-0.1, -0.05) is 0 Å². The largest absolute Gasteiger partial charge is 0.410 e. The van der Waals surface area contributed by atoms with E-state index in [1.54, 1.807) is 18.3 Å². The fourth-order valence-electron chi connectivity index (χ4n) is 5.87. The van der Waals surface area contributed by atoms with Crippen LogP contribution in [0.4, 0.5) is 23.8 Å². The van der Waals surface area contributed by atoms with Crippen LogP contribution in [0.15, 0.2) is 36.2 Å². The Labute approximate surface area is 217 Å². The Morgan fingerprint density at radius 1 is 1.21 bits per heavy atom. The number of urea groups is 1. The highest BCUT2D eigenvalue weighted by molar-refractivity contribution is 5.96. The van der Waals surface area contributed by atoms with E-state index in [0.717, 1.165) is 35.6 Å². The van der Waals surface area contributed by atoms with Crippen molar-refractivity contribution in [2.24, 2.45) is 17.8 Å². The molecule has 202 valence electrons. The third kappa shape index (κ3) is 4.60. The zero-order chi connectivity index (χ0) is 26.8. The summed E-state index contributed by atoms with van der Waals surface area (Å²) in [6.07, 6.45) is 1.96. The quantitative estimate of drug-likeness (QED) is 0.508. The van der Waals surface area contributed by atoms with E-state index in [1.807, 2.05) is 16.1 Å². The summed E-state index contributed by atoms with van der Waals surface area (Å²) in [5.41, 5.74) is 3.90. The average Bonchev–Trinajstić information content (AvgIpc) is 3.76. The summed E-state index contributed by atoms with van der Waals surface area (Å²) in [6.45, 7) is 3.65. The zero-order valence-electron chi connectivity index (χ0n) is 21.1. The van der Waals surface area contributed by atoms with Gasteiger partial charge < -0.3 is 20.9 Å². The van der Waals surface area contributed by atoms with Crippen LogP contribution >= 0.6 is 0 Å². The molecule has 0 aromatic carbocycles. The lowest BCUT2D eigenvalue weighted by molar-refractivity contribution is -0.149. The predicted octanol–water partition coefficient (Wildman–Crippen LogP) is 3.68. The molecule has 2 aliphatic heterocycles. The SMILES string of the molecule is CC(C)n1nccc1C1=C2CC2C(C2CC2)[C@@H](C(=O)Nc2cc(CN3C[C@@H](C(F)(F)F)NC3=O)ccn2)N1. The lowest BCUT2D eigenvalue weighted by atomic mass is 9.85. The fraction of sp³-hybridized carbons (Fsp3) is 0.538. The van der Waals surface area contributed by atoms with Gasteiger partial charge in [0.05, 0.1) is 17.9 Å². The van der Waals surface area contributed by atoms with Gasteiger partial charge in [0.2, 0.25) is 5.91 Å². The molecular formula is C26H30F3N7O2. The Bertz CT molecular complexity index is 1300. The number of carbonyl (C=O) groups is 2. The summed E-state index contributed by atoms with van der Waals surface area (Å²) in [5.74, 6) is 1.20. The Morgan fingerprint density at radius 3 is 2.68 bits per heavy atom. The second-order valence-corrected chi connectivity index (χ2v) is 11.0. The molecule has 1 saturated heterocycles. The lowest BCUT2D eigenvalue weighted by Gasteiger charge is -2.32. The zero-order valence-corrected chi connectivity index (χ0v) is 21.1. The standard InChI is InChI=1S/C26H30F3N7O2/c1-13(2)36-18(6-8-31-36)22-17-10-16(17)21(15-3-4-15)23(34-22)24(37)33-20-9-14(5-7-30-20)11-35-12-19(26(27,28)29)32-25(35)38/h5-9,13,15-16,19,21,23,34H,3-4,10-12H2,1-2H3,(H,32,38)(H,30,33,37)/t16?,19-,21?,23-/m0/s1. The molecule has 6 rings (SSSR count). The van der Waals surface area contributed by atoms with Gasteiger partial charge in [0.1, 0.15) is 17.9 Å². The number of anilines is 1. The van der Waals surface area contributed by atoms with E-state index in [2.05, 4.69) is 34.6 Å². The number of nitrogens with zero attached hydrogens (tertiary/aromatic N) is 4. The van der Waals surface area contributed by atoms with Crippen molar-refractivity contribution < 1.29 is 22.8 Å². The van der Waals surface area contributed by atoms with E-state index in [9.17, 15) is 22.8 Å². The molecule has 38 heavy (non-hydrogen) atoms. The molecule has 2 aromatic rings. The molecule has 2 unspecified atom stereocenters. The van der Waals surface area contributed by atoms with Crippen LogP contribution in [0.5, 0.6) is 0 Å². The monoisotopic (exact) mass is 529 g/mol. The Hall–Kier alpha value is -3.57. The summed E-state index contributed by atoms with van der Waals surface area (Å²) < 4.78 is 41.0. The molecule has 3 N–H and O–H groups in total. The number of alkyl halides is 3. The number of pyridine rings is 1. The van der Waals surface area contributed by atoms with Gasteiger partial charge in [0.25, 0.3) is 0 Å². The van der Waals surface area contributed by atoms with Crippen molar-refractivity contribution in [3.8, 4) is 0 Å². The third-order valence-corrected chi connectivity index (χ3v) is 7.89. The lowest BCUT2D eigenvalue weighted by Crippen LogP contribution is -2.49. The van der Waals surface area contributed by atoms with Gasteiger partial charge >= 0.3 is 12.2 Å². The fourth-order valence-corrected chi connectivity index (χ4v) is 5.87. The number of fused-ring (bicyclic) bond motifs is 1. The van der Waals surface area contributed by atoms with E-state index < -0.39 is 30.8 Å². The van der Waals surface area contributed by atoms with Gasteiger partial charge in [-0.2, -0.15) is 18.3 Å². The second-order valence-electron chi connectivity index (χ2n) is 11.0. The van der Waals surface area contributed by atoms with E-state index in [0.29, 0.717) is 23.2 Å². The molecule has 4 atom stereocenters. The molecule has 0 bridgehead atoms. The van der Waals surface area contributed by atoms with Gasteiger partial charge in [0, 0.05) is 25.0 Å². The highest BCUT2D eigenvalue weighted by atomic mass is 19.4. The molecular weight excluding hydrogens is 499 g/mol. The smallest absolute Gasteiger partial charge is 0.372 e. The van der Waals surface area contributed by atoms with E-state index in [4.69, 9.17) is 0 Å². The molecule has 3 fully saturated rings. The minimum Gasteiger partial charge on any atom is -0.372 e. The molecule has 2 aromatic heterocycles. The third-order valence-electron chi connectivity index (χ3n) is 7.89. The maximum atomic E-state index is 13.6. The molecule has 4 heterocycles. The van der Waals surface area contributed by atoms with Crippen molar-refractivity contribution in [3.05, 3.63) is 47.4 Å². The van der Waals surface area contributed by atoms with Crippen LogP contribution in [0.25, 0.3) is 5.70 Å². The highest BCUT2D eigenvalue weighted by Gasteiger charge is 2.55. The topological polar surface area (TPSA) is 104 Å². The molecule has 3 amide bonds. The first kappa shape index (κ1) is 24.7. The van der Waals surface area contributed by atoms with Crippen LogP contribution in [0, 0.1) is 17.8 Å². The first-order chi connectivity index (χ1) is 18.1. The van der Waals surface area contributed by atoms with E-state index >= 15 is 0 Å². The van der Waals surface area contributed by atoms with Gasteiger partial charge in [-0.05, 0) is 80.2 Å². The minimum absolute atomic E-state index is 0.0201. The Kier molecular flexibility index (Phi) is 5.88. The predicted molar refractivity (Wildman–Crippen MR) is 132 cm³/mol. The number of carbonyl (C=O) groups excluding carboxylic acids is 2. The molecule has 0 radical (unpaired) electrons. The normalized spacial score (nSPS) is 26.8. The van der Waals surface area contributed by atoms with Gasteiger partial charge in [0.15, 0.2) is 0 Å². The average molecular weight is 530 g/mol. The van der Waals surface area contributed by atoms with Crippen LogP contribution in [0.1, 0.15) is 50.4 Å². The number of rotatable bonds is 7. The number of aromatic nitrogens is 3. The Balaban J connectivity index is 1.18. The molecule has 12 heteroatoms. The van der Waals surface area contributed by atoms with Gasteiger partial charge in [-0.3, -0.25) is 9.48 Å². The summed E-state index contributed by atoms with van der Waals surface area (Å²) in [5, 5.41) is 12.9. The van der Waals surface area contributed by atoms with Crippen LogP contribution in [0.3, 0.4) is 0 Å². The molecule has 0 spiro atoms. The van der Waals surface area contributed by atoms with Gasteiger partial charge in [-0.15, -0.1) is 0 Å². The van der Waals surface area contributed by atoms with Crippen molar-refractivity contribution in [2.45, 2.75) is 64.0 Å². The summed E-state index contributed by atoms with van der Waals surface area (Å²) in [7, 11) is 0. The summed E-state index contributed by atoms with van der Waals surface area (Å²) in [4.78, 5) is 31.0. The second kappa shape index (κ2) is 9.02. The van der Waals surface area contributed by atoms with Crippen LogP contribution in [-0.4, -0.2) is 56.4 Å². The van der Waals surface area contributed by atoms with Crippen molar-refractivity contribution in [1.82, 2.24) is 30.3 Å². The number of halogens is 3. The number of allylic oxidation sites excluding steroid dienone is 1. The number of hydrogen-bond donors (Lipinski definition) is 3. The number of amides is 3.